The van der Waals surface area contributed by atoms with E-state index >= 15 is 0 Å². The minimum Gasteiger partial charge on any atom is -0.325 e. The van der Waals surface area contributed by atoms with Crippen LogP contribution in [0.3, 0.4) is 0 Å². The topological polar surface area (TPSA) is 66.5 Å². The van der Waals surface area contributed by atoms with Crippen molar-refractivity contribution in [2.24, 2.45) is 0 Å². The second-order valence-electron chi connectivity index (χ2n) is 5.46. The summed E-state index contributed by atoms with van der Waals surface area (Å²) in [5.41, 5.74) is 1.45. The molecule has 0 saturated carbocycles. The highest BCUT2D eigenvalue weighted by Gasteiger charge is 2.36. The zero-order chi connectivity index (χ0) is 18.5. The van der Waals surface area contributed by atoms with Crippen molar-refractivity contribution in [3.63, 3.8) is 0 Å². The quantitative estimate of drug-likeness (QED) is 0.621. The lowest BCUT2D eigenvalue weighted by Gasteiger charge is -2.12. The predicted octanol–water partition coefficient (Wildman–Crippen LogP) is 4.08. The summed E-state index contributed by atoms with van der Waals surface area (Å²) >= 11 is 2.48. The summed E-state index contributed by atoms with van der Waals surface area (Å²) in [5, 5.41) is 2.23. The molecule has 3 amide bonds. The third kappa shape index (κ3) is 4.36. The van der Waals surface area contributed by atoms with Gasteiger partial charge in [-0.25, -0.2) is 0 Å². The Morgan fingerprint density at radius 3 is 2.46 bits per heavy atom. The van der Waals surface area contributed by atoms with Crippen molar-refractivity contribution in [3.05, 3.63) is 65.1 Å². The van der Waals surface area contributed by atoms with Crippen molar-refractivity contribution in [1.29, 1.82) is 0 Å². The molecular formula is C19H16N2O3S2. The van der Waals surface area contributed by atoms with Crippen molar-refractivity contribution >= 4 is 52.3 Å². The van der Waals surface area contributed by atoms with E-state index in [0.717, 1.165) is 27.1 Å². The molecule has 26 heavy (non-hydrogen) atoms. The molecule has 0 aromatic heterocycles. The number of carbonyl (C=O) groups excluding carboxylic acids is 3. The van der Waals surface area contributed by atoms with E-state index in [4.69, 9.17) is 0 Å². The van der Waals surface area contributed by atoms with Gasteiger partial charge in [-0.05, 0) is 53.9 Å². The van der Waals surface area contributed by atoms with E-state index < -0.39 is 17.1 Å². The van der Waals surface area contributed by atoms with Crippen molar-refractivity contribution in [2.45, 2.75) is 4.90 Å². The van der Waals surface area contributed by atoms with E-state index in [9.17, 15) is 14.4 Å². The maximum atomic E-state index is 12.5. The van der Waals surface area contributed by atoms with Crippen LogP contribution in [0.15, 0.2) is 64.4 Å². The minimum atomic E-state index is -0.447. The number of rotatable bonds is 5. The van der Waals surface area contributed by atoms with E-state index in [2.05, 4.69) is 5.32 Å². The van der Waals surface area contributed by atoms with Gasteiger partial charge in [0.25, 0.3) is 11.1 Å². The van der Waals surface area contributed by atoms with Crippen molar-refractivity contribution < 1.29 is 14.4 Å². The molecule has 7 heteroatoms. The first-order valence-electron chi connectivity index (χ1n) is 7.81. The number of anilines is 1. The maximum absolute atomic E-state index is 12.5. The number of hydrogen-bond acceptors (Lipinski definition) is 5. The standard InChI is InChI=1S/C19H16N2O3S2/c1-25-15-9-7-13(8-10-15)11-16-18(23)21(19(24)26-16)12-17(22)20-14-5-3-2-4-6-14/h2-11H,12H2,1H3,(H,20,22)/b16-11-. The molecule has 1 N–H and O–H groups in total. The summed E-state index contributed by atoms with van der Waals surface area (Å²) in [6.07, 6.45) is 3.66. The zero-order valence-electron chi connectivity index (χ0n) is 14.0. The van der Waals surface area contributed by atoms with Crippen LogP contribution in [0.2, 0.25) is 0 Å². The van der Waals surface area contributed by atoms with Crippen LogP contribution in [0.1, 0.15) is 5.56 Å². The van der Waals surface area contributed by atoms with E-state index in [1.54, 1.807) is 42.1 Å². The highest BCUT2D eigenvalue weighted by molar-refractivity contribution is 8.18. The zero-order valence-corrected chi connectivity index (χ0v) is 15.6. The maximum Gasteiger partial charge on any atom is 0.294 e. The lowest BCUT2D eigenvalue weighted by molar-refractivity contribution is -0.127. The van der Waals surface area contributed by atoms with Gasteiger partial charge < -0.3 is 5.32 Å². The molecule has 1 saturated heterocycles. The fourth-order valence-corrected chi connectivity index (χ4v) is 3.60. The van der Waals surface area contributed by atoms with Crippen LogP contribution in [0.4, 0.5) is 10.5 Å². The summed E-state index contributed by atoms with van der Waals surface area (Å²) in [6.45, 7) is -0.303. The molecule has 0 bridgehead atoms. The number of benzene rings is 2. The Hall–Kier alpha value is -2.51. The van der Waals surface area contributed by atoms with Gasteiger partial charge in [0.1, 0.15) is 6.54 Å². The molecule has 5 nitrogen and oxygen atoms in total. The first kappa shape index (κ1) is 18.3. The largest absolute Gasteiger partial charge is 0.325 e. The number of amides is 3. The first-order valence-corrected chi connectivity index (χ1v) is 9.85. The highest BCUT2D eigenvalue weighted by atomic mass is 32.2. The predicted molar refractivity (Wildman–Crippen MR) is 106 cm³/mol. The lowest BCUT2D eigenvalue weighted by atomic mass is 10.2. The van der Waals surface area contributed by atoms with Crippen LogP contribution < -0.4 is 5.32 Å². The number of thioether (sulfide) groups is 2. The minimum absolute atomic E-state index is 0.303. The van der Waals surface area contributed by atoms with Gasteiger partial charge in [0.15, 0.2) is 0 Å². The lowest BCUT2D eigenvalue weighted by Crippen LogP contribution is -2.36. The highest BCUT2D eigenvalue weighted by Crippen LogP contribution is 2.32. The van der Waals surface area contributed by atoms with Crippen LogP contribution in [-0.2, 0) is 9.59 Å². The molecule has 1 aliphatic heterocycles. The van der Waals surface area contributed by atoms with Crippen molar-refractivity contribution in [1.82, 2.24) is 4.90 Å². The van der Waals surface area contributed by atoms with Gasteiger partial charge in [-0.1, -0.05) is 30.3 Å². The van der Waals surface area contributed by atoms with Crippen LogP contribution in [0.25, 0.3) is 6.08 Å². The summed E-state index contributed by atoms with van der Waals surface area (Å²) in [5.74, 6) is -0.860. The van der Waals surface area contributed by atoms with Crippen LogP contribution in [-0.4, -0.2) is 34.8 Å². The average Bonchev–Trinajstić information content (AvgIpc) is 2.90. The molecule has 0 atom stereocenters. The number of carbonyl (C=O) groups is 3. The molecule has 0 radical (unpaired) electrons. The Kier molecular flexibility index (Phi) is 5.80. The molecule has 3 rings (SSSR count). The van der Waals surface area contributed by atoms with Gasteiger partial charge in [-0.3, -0.25) is 19.3 Å². The Morgan fingerprint density at radius 1 is 1.12 bits per heavy atom. The van der Waals surface area contributed by atoms with E-state index in [1.165, 1.54) is 0 Å². The third-order valence-electron chi connectivity index (χ3n) is 3.65. The number of nitrogens with one attached hydrogen (secondary N) is 1. The monoisotopic (exact) mass is 384 g/mol. The smallest absolute Gasteiger partial charge is 0.294 e. The van der Waals surface area contributed by atoms with Gasteiger partial charge in [-0.15, -0.1) is 11.8 Å². The second-order valence-corrected chi connectivity index (χ2v) is 7.33. The third-order valence-corrected chi connectivity index (χ3v) is 5.30. The Morgan fingerprint density at radius 2 is 1.81 bits per heavy atom. The van der Waals surface area contributed by atoms with Gasteiger partial charge in [0, 0.05) is 10.6 Å². The molecule has 2 aromatic carbocycles. The van der Waals surface area contributed by atoms with Gasteiger partial charge in [0.2, 0.25) is 5.91 Å². The number of hydrogen-bond donors (Lipinski definition) is 1. The fourth-order valence-electron chi connectivity index (χ4n) is 2.35. The van der Waals surface area contributed by atoms with Gasteiger partial charge in [-0.2, -0.15) is 0 Å². The molecule has 132 valence electrons. The Labute approximate surface area is 159 Å². The second kappa shape index (κ2) is 8.25. The van der Waals surface area contributed by atoms with E-state index in [-0.39, 0.29) is 6.54 Å². The Bertz CT molecular complexity index is 864. The van der Waals surface area contributed by atoms with Crippen LogP contribution >= 0.6 is 23.5 Å². The molecule has 1 fully saturated rings. The fraction of sp³-hybridized carbons (Fsp3) is 0.105. The number of para-hydroxylation sites is 1. The van der Waals surface area contributed by atoms with Gasteiger partial charge in [0.05, 0.1) is 4.91 Å². The van der Waals surface area contributed by atoms with E-state index in [0.29, 0.717) is 10.6 Å². The number of nitrogens with zero attached hydrogens (tertiary/aromatic N) is 1. The molecule has 0 aliphatic carbocycles. The SMILES string of the molecule is CSc1ccc(/C=C2\SC(=O)N(CC(=O)Nc3ccccc3)C2=O)cc1. The van der Waals surface area contributed by atoms with Crippen LogP contribution in [0, 0.1) is 0 Å². The first-order chi connectivity index (χ1) is 12.6. The molecule has 0 spiro atoms. The molecular weight excluding hydrogens is 368 g/mol. The Balaban J connectivity index is 1.68. The van der Waals surface area contributed by atoms with Crippen LogP contribution in [0.5, 0.6) is 0 Å². The molecule has 0 unspecified atom stereocenters. The molecule has 2 aromatic rings. The number of imide groups is 1. The van der Waals surface area contributed by atoms with Crippen molar-refractivity contribution in [2.75, 3.05) is 18.1 Å². The summed E-state index contributed by atoms with van der Waals surface area (Å²) in [6, 6.07) is 16.6. The van der Waals surface area contributed by atoms with E-state index in [1.807, 2.05) is 36.6 Å². The summed E-state index contributed by atoms with van der Waals surface area (Å²) < 4.78 is 0. The van der Waals surface area contributed by atoms with Crippen molar-refractivity contribution in [3.8, 4) is 0 Å². The summed E-state index contributed by atoms with van der Waals surface area (Å²) in [4.78, 5) is 39.1. The normalized spacial score (nSPS) is 15.6. The van der Waals surface area contributed by atoms with Gasteiger partial charge >= 0.3 is 0 Å². The molecule has 1 aliphatic rings. The molecule has 1 heterocycles. The summed E-state index contributed by atoms with van der Waals surface area (Å²) in [7, 11) is 0. The average molecular weight is 384 g/mol.